The number of hydrogen-bond acceptors (Lipinski definition) is 1. The summed E-state index contributed by atoms with van der Waals surface area (Å²) >= 11 is 5.05. The summed E-state index contributed by atoms with van der Waals surface area (Å²) in [6.45, 7) is 0. The molecule has 0 aliphatic heterocycles. The van der Waals surface area contributed by atoms with Crippen molar-refractivity contribution in [3.05, 3.63) is 35.9 Å². The van der Waals surface area contributed by atoms with Crippen molar-refractivity contribution in [2.24, 2.45) is 5.73 Å². The highest BCUT2D eigenvalue weighted by Crippen LogP contribution is 2.43. The largest absolute Gasteiger partial charge is 0.386 e. The van der Waals surface area contributed by atoms with E-state index in [9.17, 15) is 0 Å². The molecule has 0 aliphatic carbocycles. The monoisotopic (exact) mass is 239 g/mol. The van der Waals surface area contributed by atoms with Crippen molar-refractivity contribution >= 4 is 49.6 Å². The van der Waals surface area contributed by atoms with Crippen molar-refractivity contribution in [2.45, 2.75) is 5.75 Å². The highest BCUT2D eigenvalue weighted by molar-refractivity contribution is 8.48. The predicted octanol–water partition coefficient (Wildman–Crippen LogP) is 1.58. The molecule has 76 valence electrons. The maximum absolute atomic E-state index is 5.69. The predicted molar refractivity (Wildman–Crippen MR) is 74.9 cm³/mol. The molecule has 1 aromatic carbocycles. The minimum Gasteiger partial charge on any atom is -0.386 e. The number of rotatable bonds is 2. The highest BCUT2D eigenvalue weighted by Gasteiger charge is 2.15. The van der Waals surface area contributed by atoms with E-state index in [4.69, 9.17) is 18.0 Å². The summed E-state index contributed by atoms with van der Waals surface area (Å²) in [6, 6.07) is 10.3. The zero-order chi connectivity index (χ0) is 9.90. The minimum absolute atomic E-state index is 0. The maximum Gasteiger partial charge on any atom is 0.316 e. The first-order valence-electron chi connectivity index (χ1n) is 4.07. The second kappa shape index (κ2) is 5.95. The van der Waals surface area contributed by atoms with Crippen LogP contribution in [-0.2, 0) is 5.75 Å². The second-order valence-corrected chi connectivity index (χ2v) is 7.99. The van der Waals surface area contributed by atoms with Gasteiger partial charge in [-0.25, -0.2) is 0 Å². The number of thiocarbonyl (C=S) groups is 1. The van der Waals surface area contributed by atoms with Crippen molar-refractivity contribution in [3.63, 3.8) is 0 Å². The highest BCUT2D eigenvalue weighted by atomic mass is 32.3. The summed E-state index contributed by atoms with van der Waals surface area (Å²) in [4.78, 5) is 0. The van der Waals surface area contributed by atoms with Crippen molar-refractivity contribution in [3.8, 4) is 0 Å². The smallest absolute Gasteiger partial charge is 0.316 e. The van der Waals surface area contributed by atoms with Crippen LogP contribution < -0.4 is 5.73 Å². The van der Waals surface area contributed by atoms with Gasteiger partial charge in [-0.2, -0.15) is 10.0 Å². The van der Waals surface area contributed by atoms with E-state index in [1.54, 1.807) is 0 Å². The lowest BCUT2D eigenvalue weighted by molar-refractivity contribution is 1.40. The molecule has 0 aromatic heterocycles. The molecule has 4 heteroatoms. The van der Waals surface area contributed by atoms with Gasteiger partial charge in [-0.05, 0) is 18.1 Å². The normalized spacial score (nSPS) is 11.6. The summed E-state index contributed by atoms with van der Waals surface area (Å²) < 4.78 is 0.663. The van der Waals surface area contributed by atoms with Gasteiger partial charge in [0.15, 0.2) is 0 Å². The fraction of sp³-hybridized carbons (Fsp3) is 0.300. The van der Waals surface area contributed by atoms with Crippen LogP contribution in [0.4, 0.5) is 0 Å². The quantitative estimate of drug-likeness (QED) is 0.627. The average molecular weight is 240 g/mol. The third-order valence-electron chi connectivity index (χ3n) is 1.91. The SMILES string of the molecule is CS(C)(Cc1ccccc1)C(N)=S.[MgH2]. The first kappa shape index (κ1) is 14.2. The Bertz CT molecular complexity index is 298. The van der Waals surface area contributed by atoms with Crippen molar-refractivity contribution in [2.75, 3.05) is 12.5 Å². The summed E-state index contributed by atoms with van der Waals surface area (Å²) in [5, 5.41) is 0. The Morgan fingerprint density at radius 2 is 1.79 bits per heavy atom. The van der Waals surface area contributed by atoms with E-state index in [0.29, 0.717) is 4.32 Å². The van der Waals surface area contributed by atoms with Gasteiger partial charge >= 0.3 is 23.1 Å². The molecule has 0 heterocycles. The number of hydrogen-bond donors (Lipinski definition) is 1. The van der Waals surface area contributed by atoms with Gasteiger partial charge in [0.25, 0.3) is 0 Å². The summed E-state index contributed by atoms with van der Waals surface area (Å²) in [5.41, 5.74) is 7.00. The molecule has 0 atom stereocenters. The molecular formula is C10H17MgNS2. The van der Waals surface area contributed by atoms with E-state index in [-0.39, 0.29) is 23.1 Å². The van der Waals surface area contributed by atoms with E-state index in [1.165, 1.54) is 5.56 Å². The Morgan fingerprint density at radius 3 is 2.21 bits per heavy atom. The second-order valence-electron chi connectivity index (χ2n) is 3.49. The average Bonchev–Trinajstić information content (AvgIpc) is 2.05. The molecule has 0 unspecified atom stereocenters. The Balaban J connectivity index is 0.00000169. The molecule has 0 spiro atoms. The molecule has 0 saturated heterocycles. The summed E-state index contributed by atoms with van der Waals surface area (Å²) in [5.74, 6) is 0.989. The van der Waals surface area contributed by atoms with Crippen LogP contribution in [0.2, 0.25) is 0 Å². The zero-order valence-corrected chi connectivity index (χ0v) is 9.62. The van der Waals surface area contributed by atoms with Gasteiger partial charge in [-0.1, -0.05) is 42.5 Å². The molecule has 0 radical (unpaired) electrons. The Hall–Kier alpha value is 0.226. The van der Waals surface area contributed by atoms with E-state index in [0.717, 1.165) is 5.75 Å². The molecule has 14 heavy (non-hydrogen) atoms. The molecule has 0 saturated carbocycles. The fourth-order valence-corrected chi connectivity index (χ4v) is 2.41. The van der Waals surface area contributed by atoms with Gasteiger partial charge in [-0.15, -0.1) is 0 Å². The Morgan fingerprint density at radius 1 is 1.29 bits per heavy atom. The Kier molecular flexibility index (Phi) is 6.05. The van der Waals surface area contributed by atoms with Crippen molar-refractivity contribution in [1.82, 2.24) is 0 Å². The third kappa shape index (κ3) is 4.17. The summed E-state index contributed by atoms with van der Waals surface area (Å²) in [7, 11) is -0.942. The molecule has 0 bridgehead atoms. The van der Waals surface area contributed by atoms with Gasteiger partial charge in [0.1, 0.15) is 4.32 Å². The zero-order valence-electron chi connectivity index (χ0n) is 7.99. The van der Waals surface area contributed by atoms with Crippen molar-refractivity contribution < 1.29 is 0 Å². The van der Waals surface area contributed by atoms with Crippen LogP contribution >= 0.6 is 22.2 Å². The molecule has 2 N–H and O–H groups in total. The van der Waals surface area contributed by atoms with E-state index in [2.05, 4.69) is 24.6 Å². The van der Waals surface area contributed by atoms with E-state index in [1.807, 2.05) is 18.2 Å². The van der Waals surface area contributed by atoms with Gasteiger partial charge in [0, 0.05) is 5.75 Å². The molecule has 0 amide bonds. The first-order valence-corrected chi connectivity index (χ1v) is 7.09. The molecule has 1 rings (SSSR count). The van der Waals surface area contributed by atoms with Crippen LogP contribution in [0.25, 0.3) is 0 Å². The van der Waals surface area contributed by atoms with Gasteiger partial charge in [0.2, 0.25) is 0 Å². The topological polar surface area (TPSA) is 26.0 Å². The maximum atomic E-state index is 5.69. The van der Waals surface area contributed by atoms with Crippen LogP contribution in [0.1, 0.15) is 5.56 Å². The van der Waals surface area contributed by atoms with Crippen LogP contribution in [-0.4, -0.2) is 39.9 Å². The fourth-order valence-electron chi connectivity index (χ4n) is 1.06. The van der Waals surface area contributed by atoms with Gasteiger partial charge in [-0.3, -0.25) is 0 Å². The lowest BCUT2D eigenvalue weighted by atomic mass is 10.2. The Labute approximate surface area is 109 Å². The van der Waals surface area contributed by atoms with Crippen molar-refractivity contribution in [1.29, 1.82) is 0 Å². The van der Waals surface area contributed by atoms with Gasteiger partial charge in [0.05, 0.1) is 0 Å². The molecule has 1 nitrogen and oxygen atoms in total. The molecule has 0 fully saturated rings. The lowest BCUT2D eigenvalue weighted by Crippen LogP contribution is -2.18. The third-order valence-corrected chi connectivity index (χ3v) is 5.41. The number of nitrogens with two attached hydrogens (primary N) is 1. The summed E-state index contributed by atoms with van der Waals surface area (Å²) in [6.07, 6.45) is 4.31. The molecule has 1 aromatic rings. The molecular weight excluding hydrogens is 223 g/mol. The standard InChI is InChI=1S/C10H15NS2.Mg.2H/c1-13(2,10(11)12)8-9-6-4-3-5-7-9;;;/h3-7H,8H2,1-2H3,(H2,11,12);;;. The molecule has 0 aliphatic rings. The minimum atomic E-state index is -0.942. The van der Waals surface area contributed by atoms with Crippen LogP contribution in [0, 0.1) is 0 Å². The lowest BCUT2D eigenvalue weighted by Gasteiger charge is -2.29. The van der Waals surface area contributed by atoms with E-state index >= 15 is 0 Å². The van der Waals surface area contributed by atoms with E-state index < -0.39 is 10.0 Å². The van der Waals surface area contributed by atoms with Crippen LogP contribution in [0.15, 0.2) is 30.3 Å². The van der Waals surface area contributed by atoms with Gasteiger partial charge < -0.3 is 5.73 Å². The number of benzene rings is 1. The van der Waals surface area contributed by atoms with Crippen LogP contribution in [0.5, 0.6) is 0 Å². The van der Waals surface area contributed by atoms with Crippen LogP contribution in [0.3, 0.4) is 0 Å². The first-order chi connectivity index (χ1) is 6.02.